The first-order valence-corrected chi connectivity index (χ1v) is 13.7. The molecule has 0 saturated carbocycles. The fourth-order valence-corrected chi connectivity index (χ4v) is 6.27. The number of benzene rings is 2. The number of ether oxygens (including phenoxy) is 1. The monoisotopic (exact) mass is 520 g/mol. The second-order valence-electron chi connectivity index (χ2n) is 10.6. The largest absolute Gasteiger partial charge is 0.376 e. The fourth-order valence-electron chi connectivity index (χ4n) is 6.27. The molecule has 4 aliphatic rings. The number of halogens is 1. The number of para-hydroxylation sites is 1. The number of hydrogen-bond donors (Lipinski definition) is 0. The van der Waals surface area contributed by atoms with Gasteiger partial charge in [-0.15, -0.1) is 0 Å². The molecule has 3 saturated heterocycles. The van der Waals surface area contributed by atoms with Gasteiger partial charge in [0.2, 0.25) is 5.91 Å². The lowest BCUT2D eigenvalue weighted by molar-refractivity contribution is -0.136. The Morgan fingerprint density at radius 3 is 2.42 bits per heavy atom. The summed E-state index contributed by atoms with van der Waals surface area (Å²) in [6.07, 6.45) is 3.31. The smallest absolute Gasteiger partial charge is 0.263 e. The van der Waals surface area contributed by atoms with E-state index in [1.54, 1.807) is 18.2 Å². The number of carbonyl (C=O) groups is 3. The van der Waals surface area contributed by atoms with Gasteiger partial charge in [-0.05, 0) is 49.9 Å². The number of hydrogen-bond acceptors (Lipinski definition) is 6. The molecule has 0 N–H and O–H groups in total. The summed E-state index contributed by atoms with van der Waals surface area (Å²) in [4.78, 5) is 47.3. The van der Waals surface area contributed by atoms with Crippen LogP contribution < -0.4 is 9.80 Å². The van der Waals surface area contributed by atoms with Crippen molar-refractivity contribution in [2.75, 3.05) is 62.2 Å². The molecule has 38 heavy (non-hydrogen) atoms. The van der Waals surface area contributed by atoms with Crippen molar-refractivity contribution in [3.8, 4) is 0 Å². The Kier molecular flexibility index (Phi) is 6.78. The van der Waals surface area contributed by atoms with Crippen LogP contribution in [0.3, 0.4) is 0 Å². The predicted octanol–water partition coefficient (Wildman–Crippen LogP) is 3.17. The van der Waals surface area contributed by atoms with Crippen molar-refractivity contribution < 1.29 is 23.5 Å². The van der Waals surface area contributed by atoms with E-state index in [9.17, 15) is 18.8 Å². The molecule has 0 aromatic heterocycles. The van der Waals surface area contributed by atoms with Crippen LogP contribution in [0.4, 0.5) is 15.8 Å². The van der Waals surface area contributed by atoms with E-state index in [1.165, 1.54) is 11.0 Å². The number of amides is 3. The zero-order valence-electron chi connectivity index (χ0n) is 21.5. The summed E-state index contributed by atoms with van der Waals surface area (Å²) in [5, 5.41) is 0. The van der Waals surface area contributed by atoms with E-state index in [0.717, 1.165) is 37.9 Å². The number of nitrogens with zero attached hydrogens (tertiary/aromatic N) is 4. The fraction of sp³-hybridized carbons (Fsp3) is 0.483. The third kappa shape index (κ3) is 4.53. The molecule has 6 rings (SSSR count). The molecular formula is C29H33FN4O4. The summed E-state index contributed by atoms with van der Waals surface area (Å²) in [5.41, 5.74) is 2.19. The zero-order valence-corrected chi connectivity index (χ0v) is 21.5. The standard InChI is InChI=1S/C29H33FN4O4/c30-23-9-1-2-10-24(23)31-13-15-32(16-14-31)27(35)20-6-4-12-33(18-20)25-11-3-8-22-26(25)29(37)34(28(22)36)19-21-7-5-17-38-21/h1-3,8-11,20-21H,4-7,12-19H2/t20-,21+/m0/s1. The van der Waals surface area contributed by atoms with Gasteiger partial charge in [-0.25, -0.2) is 4.39 Å². The van der Waals surface area contributed by atoms with Crippen LogP contribution in [-0.4, -0.2) is 86.0 Å². The highest BCUT2D eigenvalue weighted by molar-refractivity contribution is 6.23. The Bertz CT molecular complexity index is 1240. The van der Waals surface area contributed by atoms with E-state index in [0.29, 0.717) is 56.1 Å². The van der Waals surface area contributed by atoms with Crippen molar-refractivity contribution in [2.24, 2.45) is 5.92 Å². The van der Waals surface area contributed by atoms with Gasteiger partial charge in [0.15, 0.2) is 0 Å². The molecule has 3 fully saturated rings. The molecule has 4 aliphatic heterocycles. The minimum absolute atomic E-state index is 0.100. The van der Waals surface area contributed by atoms with Crippen LogP contribution in [0.25, 0.3) is 0 Å². The SMILES string of the molecule is O=C([C@H]1CCCN(c2cccc3c2C(=O)N(C[C@H]2CCCO2)C3=O)C1)N1CCN(c2ccccc2F)CC1. The van der Waals surface area contributed by atoms with E-state index in [-0.39, 0.29) is 42.1 Å². The second-order valence-corrected chi connectivity index (χ2v) is 10.6. The summed E-state index contributed by atoms with van der Waals surface area (Å²) in [6, 6.07) is 12.2. The van der Waals surface area contributed by atoms with Gasteiger partial charge >= 0.3 is 0 Å². The van der Waals surface area contributed by atoms with Crippen LogP contribution in [0, 0.1) is 11.7 Å². The number of carbonyl (C=O) groups excluding carboxylic acids is 3. The van der Waals surface area contributed by atoms with Crippen molar-refractivity contribution in [1.82, 2.24) is 9.80 Å². The summed E-state index contributed by atoms with van der Waals surface area (Å²) in [6.45, 7) is 4.47. The molecule has 0 aliphatic carbocycles. The van der Waals surface area contributed by atoms with E-state index in [2.05, 4.69) is 4.90 Å². The number of anilines is 2. The molecule has 0 bridgehead atoms. The lowest BCUT2D eigenvalue weighted by atomic mass is 9.94. The van der Waals surface area contributed by atoms with Crippen LogP contribution in [0.5, 0.6) is 0 Å². The number of imide groups is 1. The number of piperidine rings is 1. The average molecular weight is 521 g/mol. The van der Waals surface area contributed by atoms with Crippen molar-refractivity contribution in [3.05, 3.63) is 59.4 Å². The van der Waals surface area contributed by atoms with E-state index in [1.807, 2.05) is 28.0 Å². The van der Waals surface area contributed by atoms with Crippen molar-refractivity contribution in [3.63, 3.8) is 0 Å². The van der Waals surface area contributed by atoms with Crippen LogP contribution in [0.2, 0.25) is 0 Å². The quantitative estimate of drug-likeness (QED) is 0.564. The molecule has 3 amide bonds. The predicted molar refractivity (Wildman–Crippen MR) is 141 cm³/mol. The van der Waals surface area contributed by atoms with Crippen LogP contribution in [-0.2, 0) is 9.53 Å². The molecule has 2 atom stereocenters. The third-order valence-corrected chi connectivity index (χ3v) is 8.28. The molecule has 0 unspecified atom stereocenters. The van der Waals surface area contributed by atoms with Gasteiger partial charge in [0.05, 0.1) is 41.1 Å². The Balaban J connectivity index is 1.13. The van der Waals surface area contributed by atoms with Gasteiger partial charge in [-0.2, -0.15) is 0 Å². The van der Waals surface area contributed by atoms with E-state index in [4.69, 9.17) is 4.74 Å². The topological polar surface area (TPSA) is 73.4 Å². The number of piperazine rings is 1. The zero-order chi connectivity index (χ0) is 26.2. The molecular weight excluding hydrogens is 487 g/mol. The molecule has 200 valence electrons. The molecule has 8 nitrogen and oxygen atoms in total. The summed E-state index contributed by atoms with van der Waals surface area (Å²) in [7, 11) is 0. The minimum Gasteiger partial charge on any atom is -0.376 e. The normalized spacial score (nSPS) is 23.8. The van der Waals surface area contributed by atoms with Crippen molar-refractivity contribution in [2.45, 2.75) is 31.8 Å². The second kappa shape index (κ2) is 10.4. The van der Waals surface area contributed by atoms with Crippen molar-refractivity contribution >= 4 is 29.1 Å². The van der Waals surface area contributed by atoms with Gasteiger partial charge in [0, 0.05) is 45.9 Å². The lowest BCUT2D eigenvalue weighted by Crippen LogP contribution is -2.53. The minimum atomic E-state index is -0.270. The highest BCUT2D eigenvalue weighted by Crippen LogP contribution is 2.35. The van der Waals surface area contributed by atoms with Gasteiger partial charge in [-0.1, -0.05) is 18.2 Å². The lowest BCUT2D eigenvalue weighted by Gasteiger charge is -2.40. The van der Waals surface area contributed by atoms with E-state index >= 15 is 0 Å². The maximum atomic E-state index is 14.2. The first kappa shape index (κ1) is 24.9. The Labute approximate surface area is 221 Å². The maximum absolute atomic E-state index is 14.2. The molecule has 0 radical (unpaired) electrons. The Morgan fingerprint density at radius 2 is 1.66 bits per heavy atom. The highest BCUT2D eigenvalue weighted by Gasteiger charge is 2.41. The summed E-state index contributed by atoms with van der Waals surface area (Å²) < 4.78 is 19.9. The Morgan fingerprint density at radius 1 is 0.868 bits per heavy atom. The maximum Gasteiger partial charge on any atom is 0.263 e. The highest BCUT2D eigenvalue weighted by atomic mass is 19.1. The molecule has 4 heterocycles. The molecule has 0 spiro atoms. The summed E-state index contributed by atoms with van der Waals surface area (Å²) >= 11 is 0. The third-order valence-electron chi connectivity index (χ3n) is 8.28. The van der Waals surface area contributed by atoms with Gasteiger partial charge in [-0.3, -0.25) is 19.3 Å². The number of fused-ring (bicyclic) bond motifs is 1. The number of rotatable bonds is 5. The van der Waals surface area contributed by atoms with Crippen LogP contribution in [0.15, 0.2) is 42.5 Å². The molecule has 9 heteroatoms. The van der Waals surface area contributed by atoms with Crippen LogP contribution >= 0.6 is 0 Å². The van der Waals surface area contributed by atoms with Gasteiger partial charge in [0.1, 0.15) is 5.82 Å². The Hall–Kier alpha value is -3.46. The van der Waals surface area contributed by atoms with Gasteiger partial charge in [0.25, 0.3) is 11.8 Å². The first-order valence-electron chi connectivity index (χ1n) is 13.7. The first-order chi connectivity index (χ1) is 18.5. The molecule has 2 aromatic carbocycles. The molecule has 2 aromatic rings. The summed E-state index contributed by atoms with van der Waals surface area (Å²) in [5.74, 6) is -0.853. The average Bonchev–Trinajstić information content (AvgIpc) is 3.56. The van der Waals surface area contributed by atoms with Crippen LogP contribution in [0.1, 0.15) is 46.4 Å². The van der Waals surface area contributed by atoms with E-state index < -0.39 is 0 Å². The van der Waals surface area contributed by atoms with Crippen molar-refractivity contribution in [1.29, 1.82) is 0 Å². The van der Waals surface area contributed by atoms with Gasteiger partial charge < -0.3 is 19.4 Å².